The van der Waals surface area contributed by atoms with Crippen molar-refractivity contribution in [1.82, 2.24) is 0 Å². The van der Waals surface area contributed by atoms with E-state index in [9.17, 15) is 19.8 Å². The molecule has 3 aromatic carbocycles. The van der Waals surface area contributed by atoms with Gasteiger partial charge in [0, 0.05) is 59.3 Å². The van der Waals surface area contributed by atoms with Crippen LogP contribution < -0.4 is 15.8 Å². The molecular weight excluding hydrogens is 479 g/mol. The third kappa shape index (κ3) is 5.96. The normalized spacial score (nSPS) is 11.0. The van der Waals surface area contributed by atoms with Crippen molar-refractivity contribution in [3.8, 4) is 16.9 Å². The van der Waals surface area contributed by atoms with Crippen LogP contribution in [0.4, 0.5) is 10.1 Å². The number of fused-ring (bicyclic) bond motifs is 1. The van der Waals surface area contributed by atoms with Gasteiger partial charge in [0.1, 0.15) is 29.5 Å². The minimum absolute atomic E-state index is 0.0382. The first-order valence-corrected chi connectivity index (χ1v) is 11.7. The first-order chi connectivity index (χ1) is 17.8. The molecule has 1 aromatic heterocycles. The Morgan fingerprint density at radius 1 is 1.08 bits per heavy atom. The van der Waals surface area contributed by atoms with E-state index in [1.165, 1.54) is 6.92 Å². The van der Waals surface area contributed by atoms with Gasteiger partial charge in [0.25, 0.3) is 0 Å². The summed E-state index contributed by atoms with van der Waals surface area (Å²) < 4.78 is 27.2. The summed E-state index contributed by atoms with van der Waals surface area (Å²) in [6.45, 7) is 1.35. The van der Waals surface area contributed by atoms with Crippen molar-refractivity contribution >= 4 is 28.5 Å². The van der Waals surface area contributed by atoms with Crippen LogP contribution in [0.1, 0.15) is 29.4 Å². The molecule has 192 valence electrons. The smallest absolute Gasteiger partial charge is 0.307 e. The van der Waals surface area contributed by atoms with Crippen molar-refractivity contribution in [3.63, 3.8) is 0 Å². The second-order valence-electron chi connectivity index (χ2n) is 8.59. The molecule has 1 amide bonds. The number of amides is 1. The Labute approximate surface area is 212 Å². The van der Waals surface area contributed by atoms with Gasteiger partial charge in [-0.3, -0.25) is 9.59 Å². The van der Waals surface area contributed by atoms with Crippen LogP contribution >= 0.6 is 0 Å². The van der Waals surface area contributed by atoms with Crippen molar-refractivity contribution in [1.29, 1.82) is 0 Å². The van der Waals surface area contributed by atoms with Crippen molar-refractivity contribution < 1.29 is 33.3 Å². The Hall–Kier alpha value is -4.21. The Bertz CT molecular complexity index is 1460. The molecule has 0 saturated heterocycles. The zero-order valence-electron chi connectivity index (χ0n) is 20.2. The Morgan fingerprint density at radius 2 is 1.89 bits per heavy atom. The zero-order valence-corrected chi connectivity index (χ0v) is 20.2. The molecule has 0 bridgehead atoms. The molecule has 0 unspecified atom stereocenters. The van der Waals surface area contributed by atoms with Crippen molar-refractivity contribution in [3.05, 3.63) is 82.9 Å². The van der Waals surface area contributed by atoms with Gasteiger partial charge in [0.15, 0.2) is 0 Å². The number of aliphatic hydroxyl groups excluding tert-OH is 1. The molecule has 5 N–H and O–H groups in total. The average Bonchev–Trinajstić information content (AvgIpc) is 3.26. The second-order valence-corrected chi connectivity index (χ2v) is 8.59. The number of carboxylic acids is 1. The van der Waals surface area contributed by atoms with Crippen LogP contribution in [0.15, 0.2) is 59.0 Å². The Kier molecular flexibility index (Phi) is 7.86. The van der Waals surface area contributed by atoms with Gasteiger partial charge in [-0.05, 0) is 29.8 Å². The van der Waals surface area contributed by atoms with Gasteiger partial charge in [-0.25, -0.2) is 4.39 Å². The van der Waals surface area contributed by atoms with Crippen LogP contribution in [-0.4, -0.2) is 28.7 Å². The summed E-state index contributed by atoms with van der Waals surface area (Å²) in [6.07, 6.45) is 0.0447. The molecule has 37 heavy (non-hydrogen) atoms. The molecule has 0 aliphatic rings. The number of aliphatic hydroxyl groups is 1. The van der Waals surface area contributed by atoms with E-state index < -0.39 is 11.8 Å². The van der Waals surface area contributed by atoms with E-state index in [1.807, 2.05) is 6.07 Å². The molecule has 0 aliphatic carbocycles. The van der Waals surface area contributed by atoms with E-state index in [0.717, 1.165) is 0 Å². The summed E-state index contributed by atoms with van der Waals surface area (Å²) in [5.41, 5.74) is 8.96. The molecule has 9 heteroatoms. The monoisotopic (exact) mass is 506 g/mol. The Balaban J connectivity index is 1.75. The predicted octanol–water partition coefficient (Wildman–Crippen LogP) is 4.40. The SMILES string of the molecule is CC(=O)Nc1ccc(CC(=O)O)c(OCc2cc(-c3cccc(CN)c3F)c3oc(CCO)cc3c2)c1. The molecule has 0 atom stereocenters. The fraction of sp³-hybridized carbons (Fsp3) is 0.214. The van der Waals surface area contributed by atoms with Gasteiger partial charge in [0.05, 0.1) is 13.0 Å². The van der Waals surface area contributed by atoms with E-state index in [-0.39, 0.29) is 32.1 Å². The van der Waals surface area contributed by atoms with Gasteiger partial charge in [-0.2, -0.15) is 0 Å². The first-order valence-electron chi connectivity index (χ1n) is 11.7. The van der Waals surface area contributed by atoms with Crippen molar-refractivity contribution in [2.45, 2.75) is 32.9 Å². The Morgan fingerprint density at radius 3 is 2.59 bits per heavy atom. The van der Waals surface area contributed by atoms with E-state index in [4.69, 9.17) is 14.9 Å². The number of ether oxygens (including phenoxy) is 1. The van der Waals surface area contributed by atoms with Crippen LogP contribution in [0, 0.1) is 5.82 Å². The van der Waals surface area contributed by atoms with Crippen LogP contribution in [0.25, 0.3) is 22.1 Å². The standard InChI is InChI=1S/C28H27FN2O6/c1-16(33)31-21-6-5-18(12-26(34)35)25(13-21)36-15-17-9-20-11-22(7-8-32)37-28(20)24(10-17)23-4-2-3-19(14-30)27(23)29/h2-6,9-11,13,32H,7-8,12,14-15,30H2,1H3,(H,31,33)(H,34,35). The fourth-order valence-electron chi connectivity index (χ4n) is 4.17. The van der Waals surface area contributed by atoms with Crippen LogP contribution in [-0.2, 0) is 35.6 Å². The third-order valence-electron chi connectivity index (χ3n) is 5.80. The summed E-state index contributed by atoms with van der Waals surface area (Å²) in [7, 11) is 0. The topological polar surface area (TPSA) is 135 Å². The number of hydrogen-bond donors (Lipinski definition) is 4. The number of anilines is 1. The lowest BCUT2D eigenvalue weighted by Gasteiger charge is -2.14. The van der Waals surface area contributed by atoms with Crippen LogP contribution in [0.3, 0.4) is 0 Å². The molecule has 0 radical (unpaired) electrons. The first kappa shape index (κ1) is 25.9. The molecule has 1 heterocycles. The highest BCUT2D eigenvalue weighted by Gasteiger charge is 2.18. The van der Waals surface area contributed by atoms with Crippen molar-refractivity contribution in [2.24, 2.45) is 5.73 Å². The number of carbonyl (C=O) groups is 2. The fourth-order valence-corrected chi connectivity index (χ4v) is 4.17. The summed E-state index contributed by atoms with van der Waals surface area (Å²) in [5.74, 6) is -0.881. The quantitative estimate of drug-likeness (QED) is 0.250. The molecule has 8 nitrogen and oxygen atoms in total. The minimum Gasteiger partial charge on any atom is -0.489 e. The van der Waals surface area contributed by atoms with Gasteiger partial charge in [0.2, 0.25) is 5.91 Å². The molecule has 4 aromatic rings. The highest BCUT2D eigenvalue weighted by molar-refractivity contribution is 5.94. The maximum atomic E-state index is 15.3. The van der Waals surface area contributed by atoms with E-state index in [0.29, 0.717) is 62.4 Å². The summed E-state index contributed by atoms with van der Waals surface area (Å²) in [4.78, 5) is 22.8. The highest BCUT2D eigenvalue weighted by atomic mass is 19.1. The number of benzene rings is 3. The number of furan rings is 1. The van der Waals surface area contributed by atoms with Gasteiger partial charge in [-0.15, -0.1) is 0 Å². The number of aliphatic carboxylic acids is 1. The van der Waals surface area contributed by atoms with Gasteiger partial charge >= 0.3 is 5.97 Å². The number of hydrogen-bond acceptors (Lipinski definition) is 6. The van der Waals surface area contributed by atoms with E-state index in [1.54, 1.807) is 48.5 Å². The van der Waals surface area contributed by atoms with Gasteiger partial charge in [-0.1, -0.05) is 24.3 Å². The number of carboxylic acid groups (broad SMARTS) is 1. The lowest BCUT2D eigenvalue weighted by atomic mass is 9.98. The summed E-state index contributed by atoms with van der Waals surface area (Å²) in [5, 5.41) is 22.0. The molecule has 0 spiro atoms. The molecule has 0 fully saturated rings. The highest BCUT2D eigenvalue weighted by Crippen LogP contribution is 2.35. The molecule has 4 rings (SSSR count). The lowest BCUT2D eigenvalue weighted by molar-refractivity contribution is -0.136. The van der Waals surface area contributed by atoms with E-state index in [2.05, 4.69) is 5.32 Å². The maximum Gasteiger partial charge on any atom is 0.307 e. The summed E-state index contributed by atoms with van der Waals surface area (Å²) in [6, 6.07) is 15.1. The zero-order chi connectivity index (χ0) is 26.5. The number of carbonyl (C=O) groups excluding carboxylic acids is 1. The largest absolute Gasteiger partial charge is 0.489 e. The van der Waals surface area contributed by atoms with Crippen LogP contribution in [0.2, 0.25) is 0 Å². The molecular formula is C28H27FN2O6. The lowest BCUT2D eigenvalue weighted by Crippen LogP contribution is -2.08. The number of rotatable bonds is 10. The van der Waals surface area contributed by atoms with Crippen LogP contribution in [0.5, 0.6) is 5.75 Å². The second kappa shape index (κ2) is 11.2. The maximum absolute atomic E-state index is 15.3. The third-order valence-corrected chi connectivity index (χ3v) is 5.80. The predicted molar refractivity (Wildman–Crippen MR) is 137 cm³/mol. The van der Waals surface area contributed by atoms with E-state index >= 15 is 4.39 Å². The molecule has 0 saturated carbocycles. The number of halogens is 1. The van der Waals surface area contributed by atoms with Gasteiger partial charge < -0.3 is 30.4 Å². The number of nitrogens with one attached hydrogen (secondary N) is 1. The molecule has 0 aliphatic heterocycles. The van der Waals surface area contributed by atoms with Crippen molar-refractivity contribution in [2.75, 3.05) is 11.9 Å². The summed E-state index contributed by atoms with van der Waals surface area (Å²) >= 11 is 0. The average molecular weight is 507 g/mol. The number of nitrogens with two attached hydrogens (primary N) is 1. The minimum atomic E-state index is -1.02.